The molecule has 0 fully saturated rings. The molecule has 0 amide bonds. The summed E-state index contributed by atoms with van der Waals surface area (Å²) in [4.78, 5) is 12.8. The summed E-state index contributed by atoms with van der Waals surface area (Å²) < 4.78 is 16.9. The van der Waals surface area contributed by atoms with Crippen LogP contribution >= 0.6 is 0 Å². The van der Waals surface area contributed by atoms with E-state index >= 15 is 0 Å². The number of hydrogen-bond acceptors (Lipinski definition) is 4. The predicted octanol–water partition coefficient (Wildman–Crippen LogP) is 5.05. The molecule has 0 N–H and O–H groups in total. The third-order valence-corrected chi connectivity index (χ3v) is 4.42. The molecule has 0 saturated carbocycles. The zero-order valence-electron chi connectivity index (χ0n) is 14.8. The fourth-order valence-electron chi connectivity index (χ4n) is 3.00. The molecular weight excluding hydrogens is 340 g/mol. The molecule has 0 radical (unpaired) electrons. The number of methoxy groups -OCH3 is 1. The summed E-state index contributed by atoms with van der Waals surface area (Å²) in [7, 11) is 1.63. The van der Waals surface area contributed by atoms with Crippen LogP contribution in [0.1, 0.15) is 5.56 Å². The monoisotopic (exact) mass is 358 g/mol. The van der Waals surface area contributed by atoms with Gasteiger partial charge in [-0.2, -0.15) is 0 Å². The molecule has 27 heavy (non-hydrogen) atoms. The smallest absolute Gasteiger partial charge is 0.200 e. The molecule has 0 aliphatic carbocycles. The number of hydrogen-bond donors (Lipinski definition) is 0. The van der Waals surface area contributed by atoms with E-state index in [2.05, 4.69) is 0 Å². The minimum atomic E-state index is -0.0567. The summed E-state index contributed by atoms with van der Waals surface area (Å²) >= 11 is 0. The molecule has 0 unspecified atom stereocenters. The van der Waals surface area contributed by atoms with Gasteiger partial charge in [0, 0.05) is 11.6 Å². The second-order valence-electron chi connectivity index (χ2n) is 6.10. The highest BCUT2D eigenvalue weighted by Gasteiger charge is 2.10. The number of ether oxygens (including phenoxy) is 2. The number of benzene rings is 3. The Hall–Kier alpha value is -3.53. The third-order valence-electron chi connectivity index (χ3n) is 4.42. The first-order valence-corrected chi connectivity index (χ1v) is 8.62. The number of fused-ring (bicyclic) bond motifs is 1. The van der Waals surface area contributed by atoms with Gasteiger partial charge in [0.15, 0.2) is 5.43 Å². The zero-order valence-corrected chi connectivity index (χ0v) is 14.8. The van der Waals surface area contributed by atoms with Crippen molar-refractivity contribution in [1.29, 1.82) is 0 Å². The summed E-state index contributed by atoms with van der Waals surface area (Å²) in [6, 6.07) is 22.4. The van der Waals surface area contributed by atoms with Crippen molar-refractivity contribution in [2.75, 3.05) is 7.11 Å². The summed E-state index contributed by atoms with van der Waals surface area (Å²) in [6.07, 6.45) is 1.50. The topological polar surface area (TPSA) is 48.7 Å². The van der Waals surface area contributed by atoms with Gasteiger partial charge in [-0.25, -0.2) is 0 Å². The molecule has 0 saturated heterocycles. The third kappa shape index (κ3) is 3.42. The van der Waals surface area contributed by atoms with Crippen LogP contribution in [0, 0.1) is 0 Å². The molecule has 4 nitrogen and oxygen atoms in total. The highest BCUT2D eigenvalue weighted by molar-refractivity contribution is 5.82. The van der Waals surface area contributed by atoms with E-state index in [1.54, 1.807) is 25.3 Å². The Morgan fingerprint density at radius 3 is 2.52 bits per heavy atom. The van der Waals surface area contributed by atoms with Crippen LogP contribution in [0.15, 0.2) is 88.3 Å². The second kappa shape index (κ2) is 7.38. The molecule has 4 rings (SSSR count). The molecule has 4 heteroatoms. The van der Waals surface area contributed by atoms with Crippen molar-refractivity contribution in [3.8, 4) is 22.6 Å². The average Bonchev–Trinajstić information content (AvgIpc) is 2.73. The molecule has 0 spiro atoms. The quantitative estimate of drug-likeness (QED) is 0.501. The maximum Gasteiger partial charge on any atom is 0.200 e. The van der Waals surface area contributed by atoms with Crippen LogP contribution in [-0.4, -0.2) is 7.11 Å². The Kier molecular flexibility index (Phi) is 4.62. The van der Waals surface area contributed by atoms with Crippen LogP contribution in [-0.2, 0) is 6.61 Å². The first-order valence-electron chi connectivity index (χ1n) is 8.62. The van der Waals surface area contributed by atoms with Crippen LogP contribution in [0.4, 0.5) is 0 Å². The molecule has 1 aromatic heterocycles. The largest absolute Gasteiger partial charge is 0.496 e. The van der Waals surface area contributed by atoms with Crippen LogP contribution in [0.2, 0.25) is 0 Å². The van der Waals surface area contributed by atoms with Gasteiger partial charge in [-0.1, -0.05) is 48.5 Å². The molecule has 1 heterocycles. The van der Waals surface area contributed by atoms with Crippen LogP contribution in [0.3, 0.4) is 0 Å². The van der Waals surface area contributed by atoms with E-state index in [0.29, 0.717) is 28.9 Å². The average molecular weight is 358 g/mol. The lowest BCUT2D eigenvalue weighted by Gasteiger charge is -2.10. The van der Waals surface area contributed by atoms with Crippen molar-refractivity contribution in [2.45, 2.75) is 6.61 Å². The maximum absolute atomic E-state index is 12.8. The minimum Gasteiger partial charge on any atom is -0.496 e. The van der Waals surface area contributed by atoms with Gasteiger partial charge in [0.1, 0.15) is 30.0 Å². The molecule has 134 valence electrons. The highest BCUT2D eigenvalue weighted by Crippen LogP contribution is 2.25. The molecule has 0 aliphatic heterocycles. The highest BCUT2D eigenvalue weighted by atomic mass is 16.5. The fraction of sp³-hybridized carbons (Fsp3) is 0.0870. The van der Waals surface area contributed by atoms with Crippen LogP contribution in [0.25, 0.3) is 22.1 Å². The molecule has 0 aliphatic rings. The first kappa shape index (κ1) is 16.9. The summed E-state index contributed by atoms with van der Waals surface area (Å²) in [5.41, 5.74) is 2.77. The van der Waals surface area contributed by atoms with Crippen LogP contribution < -0.4 is 14.9 Å². The lowest BCUT2D eigenvalue weighted by atomic mass is 10.1. The van der Waals surface area contributed by atoms with Gasteiger partial charge in [-0.05, 0) is 23.8 Å². The van der Waals surface area contributed by atoms with E-state index in [4.69, 9.17) is 13.9 Å². The maximum atomic E-state index is 12.8. The second-order valence-corrected chi connectivity index (χ2v) is 6.10. The van der Waals surface area contributed by atoms with E-state index < -0.39 is 0 Å². The van der Waals surface area contributed by atoms with E-state index in [1.807, 2.05) is 54.6 Å². The van der Waals surface area contributed by atoms with E-state index in [9.17, 15) is 4.79 Å². The molecule has 0 atom stereocenters. The van der Waals surface area contributed by atoms with E-state index in [1.165, 1.54) is 6.26 Å². The standard InChI is InChI=1S/C23H18O4/c1-25-21-10-6-5-9-17(21)14-26-18-11-12-19-22(13-18)27-15-20(23(19)24)16-7-3-2-4-8-16/h2-13,15H,14H2,1H3. The van der Waals surface area contributed by atoms with Crippen molar-refractivity contribution in [2.24, 2.45) is 0 Å². The van der Waals surface area contributed by atoms with Gasteiger partial charge in [-0.15, -0.1) is 0 Å². The van der Waals surface area contributed by atoms with Gasteiger partial charge in [0.05, 0.1) is 18.1 Å². The Bertz CT molecular complexity index is 1130. The molecule has 0 bridgehead atoms. The Balaban J connectivity index is 1.63. The molecule has 3 aromatic carbocycles. The molecular formula is C23H18O4. The van der Waals surface area contributed by atoms with E-state index in [-0.39, 0.29) is 5.43 Å². The van der Waals surface area contributed by atoms with Crippen LogP contribution in [0.5, 0.6) is 11.5 Å². The van der Waals surface area contributed by atoms with Crippen molar-refractivity contribution < 1.29 is 13.9 Å². The van der Waals surface area contributed by atoms with Crippen molar-refractivity contribution >= 4 is 11.0 Å². The Morgan fingerprint density at radius 1 is 0.926 bits per heavy atom. The SMILES string of the molecule is COc1ccccc1COc1ccc2c(=O)c(-c3ccccc3)coc2c1. The fourth-order valence-corrected chi connectivity index (χ4v) is 3.00. The van der Waals surface area contributed by atoms with Gasteiger partial charge in [0.2, 0.25) is 0 Å². The zero-order chi connectivity index (χ0) is 18.6. The summed E-state index contributed by atoms with van der Waals surface area (Å²) in [5.74, 6) is 1.40. The summed E-state index contributed by atoms with van der Waals surface area (Å²) in [5, 5.41) is 0.529. The minimum absolute atomic E-state index is 0.0567. The Labute approximate surface area is 156 Å². The first-order chi connectivity index (χ1) is 13.3. The lowest BCUT2D eigenvalue weighted by Crippen LogP contribution is -2.05. The van der Waals surface area contributed by atoms with Gasteiger partial charge < -0.3 is 13.9 Å². The van der Waals surface area contributed by atoms with Crippen molar-refractivity contribution in [1.82, 2.24) is 0 Å². The van der Waals surface area contributed by atoms with Crippen molar-refractivity contribution in [3.63, 3.8) is 0 Å². The van der Waals surface area contributed by atoms with Gasteiger partial charge in [-0.3, -0.25) is 4.79 Å². The van der Waals surface area contributed by atoms with Gasteiger partial charge >= 0.3 is 0 Å². The Morgan fingerprint density at radius 2 is 1.70 bits per heavy atom. The summed E-state index contributed by atoms with van der Waals surface area (Å²) in [6.45, 7) is 0.363. The normalized spacial score (nSPS) is 10.7. The number of rotatable bonds is 5. The van der Waals surface area contributed by atoms with Crippen molar-refractivity contribution in [3.05, 3.63) is 94.8 Å². The lowest BCUT2D eigenvalue weighted by molar-refractivity contribution is 0.296. The van der Waals surface area contributed by atoms with Gasteiger partial charge in [0.25, 0.3) is 0 Å². The predicted molar refractivity (Wildman–Crippen MR) is 105 cm³/mol. The van der Waals surface area contributed by atoms with E-state index in [0.717, 1.165) is 16.9 Å². The number of para-hydroxylation sites is 1. The molecule has 4 aromatic rings.